The number of carbonyl (C=O) groups is 1. The molecule has 29 heavy (non-hydrogen) atoms. The molecular weight excluding hydrogens is 392 g/mol. The van der Waals surface area contributed by atoms with Crippen LogP contribution in [0.3, 0.4) is 0 Å². The van der Waals surface area contributed by atoms with Gasteiger partial charge >= 0.3 is 0 Å². The lowest BCUT2D eigenvalue weighted by Crippen LogP contribution is -2.52. The van der Waals surface area contributed by atoms with Crippen LogP contribution in [0, 0.1) is 5.92 Å². The lowest BCUT2D eigenvalue weighted by Gasteiger charge is -2.36. The van der Waals surface area contributed by atoms with Crippen molar-refractivity contribution in [2.75, 3.05) is 39.9 Å². The molecule has 1 saturated heterocycles. The van der Waals surface area contributed by atoms with Gasteiger partial charge in [-0.05, 0) is 42.3 Å². The van der Waals surface area contributed by atoms with E-state index in [0.717, 1.165) is 11.3 Å². The second-order valence-corrected chi connectivity index (χ2v) is 9.16. The number of rotatable bonds is 4. The number of piperazine rings is 1. The number of benzene rings is 2. The Morgan fingerprint density at radius 2 is 1.72 bits per heavy atom. The molecule has 4 rings (SSSR count). The Bertz CT molecular complexity index is 982. The van der Waals surface area contributed by atoms with Crippen LogP contribution in [0.5, 0.6) is 11.5 Å². The normalized spacial score (nSPS) is 19.9. The Kier molecular flexibility index (Phi) is 5.47. The smallest absolute Gasteiger partial charge is 0.243 e. The van der Waals surface area contributed by atoms with Gasteiger partial charge in [-0.25, -0.2) is 8.42 Å². The molecular formula is C21H24N2O5S. The summed E-state index contributed by atoms with van der Waals surface area (Å²) >= 11 is 0. The van der Waals surface area contributed by atoms with Crippen molar-refractivity contribution in [1.82, 2.24) is 9.21 Å². The Hall–Kier alpha value is -2.58. The van der Waals surface area contributed by atoms with Gasteiger partial charge in [0.25, 0.3) is 0 Å². The fourth-order valence-corrected chi connectivity index (χ4v) is 5.21. The molecule has 2 aliphatic rings. The molecule has 154 valence electrons. The molecule has 0 aromatic heterocycles. The lowest BCUT2D eigenvalue weighted by atomic mass is 9.95. The Morgan fingerprint density at radius 3 is 2.41 bits per heavy atom. The summed E-state index contributed by atoms with van der Waals surface area (Å²) in [6, 6.07) is 14.1. The fraction of sp³-hybridized carbons (Fsp3) is 0.381. The summed E-state index contributed by atoms with van der Waals surface area (Å²) in [5.74, 6) is 1.25. The maximum Gasteiger partial charge on any atom is 0.243 e. The number of hydrogen-bond acceptors (Lipinski definition) is 5. The first kappa shape index (κ1) is 19.7. The summed E-state index contributed by atoms with van der Waals surface area (Å²) in [6.45, 7) is 1.69. The number of amides is 1. The highest BCUT2D eigenvalue weighted by atomic mass is 32.2. The zero-order chi connectivity index (χ0) is 20.4. The molecule has 1 fully saturated rings. The number of sulfonamides is 1. The van der Waals surface area contributed by atoms with Crippen molar-refractivity contribution in [3.63, 3.8) is 0 Å². The molecule has 1 atom stereocenters. The SMILES string of the molecule is COc1ccc(S(=O)(=O)N2CCN(C(=O)C3COc4ccccc4C3)CC2)cc1. The molecule has 1 amide bonds. The molecule has 0 N–H and O–H groups in total. The quantitative estimate of drug-likeness (QED) is 0.760. The standard InChI is InChI=1S/C21H24N2O5S/c1-27-18-6-8-19(9-7-18)29(25,26)23-12-10-22(11-13-23)21(24)17-14-16-4-2-3-5-20(16)28-15-17/h2-9,17H,10-15H2,1H3. The third-order valence-corrected chi connectivity index (χ3v) is 7.39. The van der Waals surface area contributed by atoms with Gasteiger partial charge in [0.2, 0.25) is 15.9 Å². The van der Waals surface area contributed by atoms with Gasteiger partial charge in [0.15, 0.2) is 0 Å². The van der Waals surface area contributed by atoms with Crippen LogP contribution in [0.15, 0.2) is 53.4 Å². The average molecular weight is 416 g/mol. The molecule has 0 bridgehead atoms. The minimum atomic E-state index is -3.59. The third-order valence-electron chi connectivity index (χ3n) is 5.48. The molecule has 0 saturated carbocycles. The second kappa shape index (κ2) is 8.04. The molecule has 2 aromatic rings. The molecule has 2 aliphatic heterocycles. The van der Waals surface area contributed by atoms with E-state index < -0.39 is 10.0 Å². The van der Waals surface area contributed by atoms with E-state index in [1.165, 1.54) is 11.4 Å². The topological polar surface area (TPSA) is 76.2 Å². The number of carbonyl (C=O) groups excluding carboxylic acids is 1. The average Bonchev–Trinajstić information content (AvgIpc) is 2.78. The summed E-state index contributed by atoms with van der Waals surface area (Å²) in [4.78, 5) is 14.9. The predicted octanol–water partition coefficient (Wildman–Crippen LogP) is 1.78. The number of methoxy groups -OCH3 is 1. The highest BCUT2D eigenvalue weighted by molar-refractivity contribution is 7.89. The molecule has 1 unspecified atom stereocenters. The van der Waals surface area contributed by atoms with Crippen molar-refractivity contribution in [2.45, 2.75) is 11.3 Å². The van der Waals surface area contributed by atoms with E-state index >= 15 is 0 Å². The van der Waals surface area contributed by atoms with Gasteiger partial charge in [0, 0.05) is 26.2 Å². The van der Waals surface area contributed by atoms with Crippen LogP contribution in [-0.4, -0.2) is 63.4 Å². The third kappa shape index (κ3) is 3.95. The maximum absolute atomic E-state index is 12.9. The van der Waals surface area contributed by atoms with Crippen LogP contribution in [0.2, 0.25) is 0 Å². The van der Waals surface area contributed by atoms with Crippen molar-refractivity contribution in [3.05, 3.63) is 54.1 Å². The predicted molar refractivity (Wildman–Crippen MR) is 107 cm³/mol. The molecule has 0 radical (unpaired) electrons. The Balaban J connectivity index is 1.38. The van der Waals surface area contributed by atoms with Crippen molar-refractivity contribution in [2.24, 2.45) is 5.92 Å². The Morgan fingerprint density at radius 1 is 1.03 bits per heavy atom. The minimum absolute atomic E-state index is 0.0287. The van der Waals surface area contributed by atoms with Gasteiger partial charge in [-0.3, -0.25) is 4.79 Å². The van der Waals surface area contributed by atoms with Crippen LogP contribution in [0.25, 0.3) is 0 Å². The summed E-state index contributed by atoms with van der Waals surface area (Å²) in [6.07, 6.45) is 0.652. The van der Waals surface area contributed by atoms with Crippen LogP contribution in [0.1, 0.15) is 5.56 Å². The van der Waals surface area contributed by atoms with E-state index in [2.05, 4.69) is 0 Å². The van der Waals surface area contributed by atoms with Gasteiger partial charge in [0.05, 0.1) is 17.9 Å². The van der Waals surface area contributed by atoms with Crippen LogP contribution < -0.4 is 9.47 Å². The summed E-state index contributed by atoms with van der Waals surface area (Å²) in [5.41, 5.74) is 1.04. The summed E-state index contributed by atoms with van der Waals surface area (Å²) in [5, 5.41) is 0. The van der Waals surface area contributed by atoms with Gasteiger partial charge in [-0.1, -0.05) is 18.2 Å². The van der Waals surface area contributed by atoms with E-state index in [1.54, 1.807) is 29.2 Å². The number of fused-ring (bicyclic) bond motifs is 1. The zero-order valence-electron chi connectivity index (χ0n) is 16.3. The van der Waals surface area contributed by atoms with Gasteiger partial charge in [0.1, 0.15) is 18.1 Å². The maximum atomic E-state index is 12.9. The molecule has 7 nitrogen and oxygen atoms in total. The van der Waals surface area contributed by atoms with E-state index in [-0.39, 0.29) is 29.8 Å². The van der Waals surface area contributed by atoms with Crippen molar-refractivity contribution >= 4 is 15.9 Å². The van der Waals surface area contributed by atoms with Crippen LogP contribution in [-0.2, 0) is 21.2 Å². The second-order valence-electron chi connectivity index (χ2n) is 7.22. The number of ether oxygens (including phenoxy) is 2. The van der Waals surface area contributed by atoms with Crippen molar-refractivity contribution in [1.29, 1.82) is 0 Å². The first-order chi connectivity index (χ1) is 14.0. The molecule has 2 heterocycles. The van der Waals surface area contributed by atoms with Crippen LogP contribution in [0.4, 0.5) is 0 Å². The van der Waals surface area contributed by atoms with E-state index in [0.29, 0.717) is 31.9 Å². The van der Waals surface area contributed by atoms with Gasteiger partial charge in [-0.2, -0.15) is 4.31 Å². The van der Waals surface area contributed by atoms with E-state index in [9.17, 15) is 13.2 Å². The summed E-state index contributed by atoms with van der Waals surface area (Å²) < 4.78 is 38.0. The van der Waals surface area contributed by atoms with Gasteiger partial charge in [-0.15, -0.1) is 0 Å². The van der Waals surface area contributed by atoms with Crippen molar-refractivity contribution < 1.29 is 22.7 Å². The number of nitrogens with zero attached hydrogens (tertiary/aromatic N) is 2. The van der Waals surface area contributed by atoms with Crippen molar-refractivity contribution in [3.8, 4) is 11.5 Å². The highest BCUT2D eigenvalue weighted by Gasteiger charge is 2.34. The van der Waals surface area contributed by atoms with Crippen LogP contribution >= 0.6 is 0 Å². The van der Waals surface area contributed by atoms with Gasteiger partial charge < -0.3 is 14.4 Å². The van der Waals surface area contributed by atoms with E-state index in [1.807, 2.05) is 24.3 Å². The number of hydrogen-bond donors (Lipinski definition) is 0. The molecule has 0 aliphatic carbocycles. The highest BCUT2D eigenvalue weighted by Crippen LogP contribution is 2.28. The first-order valence-corrected chi connectivity index (χ1v) is 11.1. The number of para-hydroxylation sites is 1. The first-order valence-electron chi connectivity index (χ1n) is 9.63. The molecule has 8 heteroatoms. The molecule has 2 aromatic carbocycles. The molecule has 0 spiro atoms. The zero-order valence-corrected chi connectivity index (χ0v) is 17.1. The largest absolute Gasteiger partial charge is 0.497 e. The monoisotopic (exact) mass is 416 g/mol. The summed E-state index contributed by atoms with van der Waals surface area (Å²) in [7, 11) is -2.05. The lowest BCUT2D eigenvalue weighted by molar-refractivity contribution is -0.138. The minimum Gasteiger partial charge on any atom is -0.497 e. The fourth-order valence-electron chi connectivity index (χ4n) is 3.79. The van der Waals surface area contributed by atoms with E-state index in [4.69, 9.17) is 9.47 Å². The Labute approximate surface area is 170 Å².